The molecule has 0 aliphatic carbocycles. The number of methoxy groups -OCH3 is 1. The fraction of sp³-hybridized carbons (Fsp3) is 0.250. The summed E-state index contributed by atoms with van der Waals surface area (Å²) in [5.41, 5.74) is 2.41. The second-order valence-electron chi connectivity index (χ2n) is 5.77. The molecule has 0 fully saturated rings. The quantitative estimate of drug-likeness (QED) is 0.571. The van der Waals surface area contributed by atoms with Crippen molar-refractivity contribution in [3.63, 3.8) is 0 Å². The highest BCUT2D eigenvalue weighted by Crippen LogP contribution is 2.18. The number of hydrogen-bond donors (Lipinski definition) is 0. The highest BCUT2D eigenvalue weighted by molar-refractivity contribution is 6.08. The van der Waals surface area contributed by atoms with Crippen LogP contribution in [0.2, 0.25) is 0 Å². The lowest BCUT2D eigenvalue weighted by atomic mass is 10.1. The Morgan fingerprint density at radius 1 is 1.00 bits per heavy atom. The zero-order valence-corrected chi connectivity index (χ0v) is 14.6. The van der Waals surface area contributed by atoms with Crippen LogP contribution in [0.4, 0.5) is 0 Å². The zero-order chi connectivity index (χ0) is 17.5. The largest absolute Gasteiger partial charge is 0.497 e. The molecule has 0 saturated heterocycles. The molecule has 0 aromatic heterocycles. The molecule has 0 spiro atoms. The smallest absolute Gasteiger partial charge is 0.190 e. The molecule has 4 nitrogen and oxygen atoms in total. The van der Waals surface area contributed by atoms with Crippen LogP contribution < -0.4 is 9.47 Å². The average Bonchev–Trinajstić information content (AvgIpc) is 2.59. The van der Waals surface area contributed by atoms with Gasteiger partial charge in [0.1, 0.15) is 18.1 Å². The van der Waals surface area contributed by atoms with Gasteiger partial charge in [0.15, 0.2) is 5.78 Å². The maximum Gasteiger partial charge on any atom is 0.190 e. The van der Waals surface area contributed by atoms with Crippen molar-refractivity contribution in [1.82, 2.24) is 4.90 Å². The van der Waals surface area contributed by atoms with Crippen LogP contribution in [-0.4, -0.2) is 31.9 Å². The summed E-state index contributed by atoms with van der Waals surface area (Å²) in [6, 6.07) is 15.0. The third kappa shape index (κ3) is 4.88. The number of carbonyl (C=O) groups excluding carboxylic acids is 1. The molecule has 0 N–H and O–H groups in total. The Kier molecular flexibility index (Phi) is 6.01. The van der Waals surface area contributed by atoms with Crippen molar-refractivity contribution in [2.45, 2.75) is 13.5 Å². The summed E-state index contributed by atoms with van der Waals surface area (Å²) in [6.45, 7) is 2.28. The molecular weight excluding hydrogens is 302 g/mol. The van der Waals surface area contributed by atoms with E-state index in [0.29, 0.717) is 17.7 Å². The fourth-order valence-electron chi connectivity index (χ4n) is 2.26. The third-order valence-electron chi connectivity index (χ3n) is 3.49. The van der Waals surface area contributed by atoms with E-state index in [-0.39, 0.29) is 5.78 Å². The van der Waals surface area contributed by atoms with Gasteiger partial charge in [-0.15, -0.1) is 0 Å². The molecule has 0 radical (unpaired) electrons. The van der Waals surface area contributed by atoms with Crippen molar-refractivity contribution < 1.29 is 14.3 Å². The van der Waals surface area contributed by atoms with Crippen LogP contribution in [-0.2, 0) is 6.61 Å². The van der Waals surface area contributed by atoms with E-state index >= 15 is 0 Å². The highest BCUT2D eigenvalue weighted by atomic mass is 16.5. The average molecular weight is 325 g/mol. The van der Waals surface area contributed by atoms with E-state index in [4.69, 9.17) is 9.47 Å². The van der Waals surface area contributed by atoms with Gasteiger partial charge in [0, 0.05) is 31.4 Å². The molecule has 0 amide bonds. The van der Waals surface area contributed by atoms with Crippen LogP contribution in [0, 0.1) is 0 Å². The molecule has 0 atom stereocenters. The molecule has 0 unspecified atom stereocenters. The van der Waals surface area contributed by atoms with Gasteiger partial charge in [0.25, 0.3) is 0 Å². The molecular formula is C20H23NO3. The molecule has 0 bridgehead atoms. The van der Waals surface area contributed by atoms with Crippen molar-refractivity contribution in [2.24, 2.45) is 0 Å². The molecule has 2 aromatic rings. The minimum Gasteiger partial charge on any atom is -0.497 e. The number of benzene rings is 2. The van der Waals surface area contributed by atoms with Gasteiger partial charge in [-0.25, -0.2) is 0 Å². The summed E-state index contributed by atoms with van der Waals surface area (Å²) in [4.78, 5) is 14.1. The lowest BCUT2D eigenvalue weighted by Gasteiger charge is -2.09. The maximum absolute atomic E-state index is 12.3. The zero-order valence-electron chi connectivity index (χ0n) is 14.6. The van der Waals surface area contributed by atoms with E-state index in [0.717, 1.165) is 17.1 Å². The first-order chi connectivity index (χ1) is 11.5. The number of rotatable bonds is 7. The summed E-state index contributed by atoms with van der Waals surface area (Å²) in [7, 11) is 5.43. The predicted octanol–water partition coefficient (Wildman–Crippen LogP) is 3.92. The predicted molar refractivity (Wildman–Crippen MR) is 95.5 cm³/mol. The molecule has 2 aromatic carbocycles. The molecule has 2 rings (SSSR count). The van der Waals surface area contributed by atoms with Gasteiger partial charge >= 0.3 is 0 Å². The van der Waals surface area contributed by atoms with Crippen LogP contribution in [0.1, 0.15) is 22.8 Å². The maximum atomic E-state index is 12.3. The third-order valence-corrected chi connectivity index (χ3v) is 3.49. The Bertz CT molecular complexity index is 701. The number of allylic oxidation sites excluding steroid dienone is 1. The Hall–Kier alpha value is -2.75. The molecule has 0 aliphatic heterocycles. The molecule has 0 saturated carbocycles. The fourth-order valence-corrected chi connectivity index (χ4v) is 2.26. The number of carbonyl (C=O) groups is 1. The number of nitrogens with zero attached hydrogens (tertiary/aromatic N) is 1. The van der Waals surface area contributed by atoms with Gasteiger partial charge in [-0.3, -0.25) is 4.79 Å². The van der Waals surface area contributed by atoms with Gasteiger partial charge in [0.2, 0.25) is 0 Å². The van der Waals surface area contributed by atoms with Gasteiger partial charge < -0.3 is 14.4 Å². The van der Waals surface area contributed by atoms with Crippen LogP contribution >= 0.6 is 0 Å². The molecule has 24 heavy (non-hydrogen) atoms. The van der Waals surface area contributed by atoms with E-state index in [1.165, 1.54) is 0 Å². The van der Waals surface area contributed by atoms with E-state index in [1.807, 2.05) is 68.5 Å². The van der Waals surface area contributed by atoms with Crippen LogP contribution in [0.3, 0.4) is 0 Å². The van der Waals surface area contributed by atoms with Crippen molar-refractivity contribution in [3.05, 3.63) is 71.4 Å². The van der Waals surface area contributed by atoms with Crippen molar-refractivity contribution >= 4 is 5.78 Å². The van der Waals surface area contributed by atoms with Gasteiger partial charge in [-0.05, 0) is 48.9 Å². The summed E-state index contributed by atoms with van der Waals surface area (Å²) in [5, 5.41) is 0. The van der Waals surface area contributed by atoms with Gasteiger partial charge in [-0.1, -0.05) is 12.1 Å². The minimum absolute atomic E-state index is 0.0189. The van der Waals surface area contributed by atoms with Crippen LogP contribution in [0.15, 0.2) is 60.3 Å². The molecule has 0 aliphatic rings. The number of ketones is 1. The van der Waals surface area contributed by atoms with E-state index in [9.17, 15) is 4.79 Å². The lowest BCUT2D eigenvalue weighted by molar-refractivity contribution is 0.103. The summed E-state index contributed by atoms with van der Waals surface area (Å²) in [5.74, 6) is 1.57. The van der Waals surface area contributed by atoms with Gasteiger partial charge in [0.05, 0.1) is 7.11 Å². The second-order valence-corrected chi connectivity index (χ2v) is 5.77. The Balaban J connectivity index is 1.97. The van der Waals surface area contributed by atoms with E-state index in [2.05, 4.69) is 0 Å². The van der Waals surface area contributed by atoms with Crippen molar-refractivity contribution in [2.75, 3.05) is 21.2 Å². The highest BCUT2D eigenvalue weighted by Gasteiger charge is 2.08. The summed E-state index contributed by atoms with van der Waals surface area (Å²) in [6.07, 6.45) is 1.82. The Morgan fingerprint density at radius 3 is 2.12 bits per heavy atom. The Labute approximate surface area is 143 Å². The number of Topliss-reactive ketones (excluding diaryl/α,β-unsaturated/α-hetero) is 1. The first-order valence-corrected chi connectivity index (χ1v) is 7.75. The first kappa shape index (κ1) is 17.6. The second kappa shape index (κ2) is 8.20. The summed E-state index contributed by atoms with van der Waals surface area (Å²) >= 11 is 0. The van der Waals surface area contributed by atoms with E-state index < -0.39 is 0 Å². The lowest BCUT2D eigenvalue weighted by Crippen LogP contribution is -2.07. The standard InChI is InChI=1S/C20H23NO3/c1-15(13-21(2)3)20(22)17-7-11-19(12-8-17)24-14-16-5-9-18(23-4)10-6-16/h5-13H,14H2,1-4H3/b15-13-. The topological polar surface area (TPSA) is 38.8 Å². The minimum atomic E-state index is 0.0189. The molecule has 126 valence electrons. The summed E-state index contributed by atoms with van der Waals surface area (Å²) < 4.78 is 10.9. The number of ether oxygens (including phenoxy) is 2. The normalized spacial score (nSPS) is 11.1. The Morgan fingerprint density at radius 2 is 1.58 bits per heavy atom. The van der Waals surface area contributed by atoms with Gasteiger partial charge in [-0.2, -0.15) is 0 Å². The van der Waals surface area contributed by atoms with E-state index in [1.54, 1.807) is 19.2 Å². The van der Waals surface area contributed by atoms with Crippen LogP contribution in [0.25, 0.3) is 0 Å². The van der Waals surface area contributed by atoms with Crippen molar-refractivity contribution in [1.29, 1.82) is 0 Å². The molecule has 4 heteroatoms. The number of hydrogen-bond acceptors (Lipinski definition) is 4. The van der Waals surface area contributed by atoms with Crippen molar-refractivity contribution in [3.8, 4) is 11.5 Å². The SMILES string of the molecule is COc1ccc(COc2ccc(C(=O)/C(C)=C\N(C)C)cc2)cc1. The monoisotopic (exact) mass is 325 g/mol. The van der Waals surface area contributed by atoms with Crippen LogP contribution in [0.5, 0.6) is 11.5 Å². The first-order valence-electron chi connectivity index (χ1n) is 7.75. The molecule has 0 heterocycles.